The van der Waals surface area contributed by atoms with Crippen molar-refractivity contribution < 1.29 is 0 Å². The van der Waals surface area contributed by atoms with E-state index in [0.29, 0.717) is 0 Å². The standard InChI is InChI=1S/2C21H22/c1-3-7-16-12-20-18(9-14(16)5-1)11-19-10-15-6-2-4-8-17(15)13-21(19)20;1-3-7-16-14(5-1)9-11-18-19-12-10-15-6-2-4-8-17(15)21(19)13-20(16)18/h9-10,12-13H,1-8,11H2;9-12H,1-8,13H2. The number of rotatable bonds is 0. The maximum Gasteiger partial charge on any atom is -0.000778 e. The Morgan fingerprint density at radius 3 is 1.10 bits per heavy atom. The van der Waals surface area contributed by atoms with E-state index in [1.165, 1.54) is 116 Å². The lowest BCUT2D eigenvalue weighted by molar-refractivity contribution is 0.676. The maximum atomic E-state index is 2.53. The largest absolute Gasteiger partial charge is 0.0581 e. The molecular formula is C42H44. The number of hydrogen-bond acceptors (Lipinski definition) is 0. The average molecular weight is 549 g/mol. The van der Waals surface area contributed by atoms with Gasteiger partial charge < -0.3 is 0 Å². The van der Waals surface area contributed by atoms with Crippen LogP contribution in [0.2, 0.25) is 0 Å². The van der Waals surface area contributed by atoms with Crippen LogP contribution in [0, 0.1) is 0 Å². The molecule has 0 N–H and O–H groups in total. The van der Waals surface area contributed by atoms with E-state index in [1.807, 2.05) is 0 Å². The molecule has 0 atom stereocenters. The van der Waals surface area contributed by atoms with Crippen LogP contribution in [0.15, 0.2) is 48.5 Å². The molecule has 0 aromatic heterocycles. The van der Waals surface area contributed by atoms with Crippen molar-refractivity contribution in [3.8, 4) is 22.3 Å². The van der Waals surface area contributed by atoms with E-state index < -0.39 is 0 Å². The Balaban J connectivity index is 0.000000119. The predicted octanol–water partition coefficient (Wildman–Crippen LogP) is 10.0. The summed E-state index contributed by atoms with van der Waals surface area (Å²) in [5.74, 6) is 0. The first kappa shape index (κ1) is 25.4. The Kier molecular flexibility index (Phi) is 6.20. The zero-order chi connectivity index (χ0) is 27.6. The Labute approximate surface area is 252 Å². The van der Waals surface area contributed by atoms with Crippen molar-refractivity contribution in [1.82, 2.24) is 0 Å². The molecule has 0 heterocycles. The maximum absolute atomic E-state index is 2.53. The van der Waals surface area contributed by atoms with Gasteiger partial charge in [-0.05, 0) is 205 Å². The topological polar surface area (TPSA) is 0 Å². The molecule has 0 nitrogen and oxygen atoms in total. The van der Waals surface area contributed by atoms with Gasteiger partial charge in [0.1, 0.15) is 0 Å². The Morgan fingerprint density at radius 1 is 0.262 bits per heavy atom. The molecule has 0 saturated carbocycles. The summed E-state index contributed by atoms with van der Waals surface area (Å²) in [5, 5.41) is 0. The van der Waals surface area contributed by atoms with Crippen molar-refractivity contribution in [2.24, 2.45) is 0 Å². The van der Waals surface area contributed by atoms with Crippen LogP contribution >= 0.6 is 0 Å². The summed E-state index contributed by atoms with van der Waals surface area (Å²) >= 11 is 0. The van der Waals surface area contributed by atoms with E-state index >= 15 is 0 Å². The first-order chi connectivity index (χ1) is 20.8. The Morgan fingerprint density at radius 2 is 0.643 bits per heavy atom. The molecular weight excluding hydrogens is 504 g/mol. The Hall–Kier alpha value is -3.12. The highest BCUT2D eigenvalue weighted by Gasteiger charge is 2.28. The van der Waals surface area contributed by atoms with Gasteiger partial charge in [-0.3, -0.25) is 0 Å². The van der Waals surface area contributed by atoms with Crippen LogP contribution < -0.4 is 0 Å². The molecule has 212 valence electrons. The highest BCUT2D eigenvalue weighted by molar-refractivity contribution is 5.81. The molecule has 0 unspecified atom stereocenters. The van der Waals surface area contributed by atoms with E-state index in [2.05, 4.69) is 48.5 Å². The van der Waals surface area contributed by atoms with Gasteiger partial charge in [-0.1, -0.05) is 48.5 Å². The molecule has 0 fully saturated rings. The molecule has 4 aromatic carbocycles. The van der Waals surface area contributed by atoms with Crippen LogP contribution in [0.25, 0.3) is 22.3 Å². The van der Waals surface area contributed by atoms with E-state index in [4.69, 9.17) is 0 Å². The number of benzene rings is 4. The summed E-state index contributed by atoms with van der Waals surface area (Å²) in [6.07, 6.45) is 23.9. The number of hydrogen-bond donors (Lipinski definition) is 0. The van der Waals surface area contributed by atoms with E-state index in [9.17, 15) is 0 Å². The summed E-state index contributed by atoms with van der Waals surface area (Å²) < 4.78 is 0. The molecule has 4 aromatic rings. The van der Waals surface area contributed by atoms with Crippen molar-refractivity contribution in [3.05, 3.63) is 115 Å². The lowest BCUT2D eigenvalue weighted by Crippen LogP contribution is -2.07. The highest BCUT2D eigenvalue weighted by atomic mass is 14.3. The summed E-state index contributed by atoms with van der Waals surface area (Å²) in [5.41, 5.74) is 26.0. The minimum Gasteiger partial charge on any atom is -0.0581 e. The summed E-state index contributed by atoms with van der Waals surface area (Å²) in [6, 6.07) is 19.8. The molecule has 6 aliphatic carbocycles. The van der Waals surface area contributed by atoms with Gasteiger partial charge in [0, 0.05) is 0 Å². The number of aryl methyl sites for hydroxylation is 6. The molecule has 0 aliphatic heterocycles. The smallest absolute Gasteiger partial charge is 0.000778 e. The summed E-state index contributed by atoms with van der Waals surface area (Å²) in [7, 11) is 0. The average Bonchev–Trinajstić information content (AvgIpc) is 3.61. The molecule has 0 heteroatoms. The molecule has 0 radical (unpaired) electrons. The van der Waals surface area contributed by atoms with Crippen LogP contribution in [0.3, 0.4) is 0 Å². The van der Waals surface area contributed by atoms with Crippen LogP contribution in [-0.2, 0) is 64.2 Å². The van der Waals surface area contributed by atoms with Crippen LogP contribution in [-0.4, -0.2) is 0 Å². The van der Waals surface area contributed by atoms with Gasteiger partial charge >= 0.3 is 0 Å². The van der Waals surface area contributed by atoms with Crippen molar-refractivity contribution >= 4 is 0 Å². The quantitative estimate of drug-likeness (QED) is 0.177. The minimum absolute atomic E-state index is 1.17. The fourth-order valence-electron chi connectivity index (χ4n) is 9.57. The summed E-state index contributed by atoms with van der Waals surface area (Å²) in [6.45, 7) is 0. The molecule has 0 saturated heterocycles. The SMILES string of the molecule is c1c2c(cc3c1Cc1cc4c(cc1-3)CCCC4)CCCC2.c1cc2c(c3c1CCCC3)Cc1c-2ccc2c1CCCC2. The molecule has 0 amide bonds. The first-order valence-electron chi connectivity index (χ1n) is 17.4. The summed E-state index contributed by atoms with van der Waals surface area (Å²) in [4.78, 5) is 0. The zero-order valence-electron chi connectivity index (χ0n) is 25.3. The van der Waals surface area contributed by atoms with Gasteiger partial charge in [0.05, 0.1) is 0 Å². The van der Waals surface area contributed by atoms with Crippen molar-refractivity contribution in [2.45, 2.75) is 116 Å². The van der Waals surface area contributed by atoms with Gasteiger partial charge in [-0.2, -0.15) is 0 Å². The molecule has 0 spiro atoms. The van der Waals surface area contributed by atoms with Gasteiger partial charge in [0.25, 0.3) is 0 Å². The highest BCUT2D eigenvalue weighted by Crippen LogP contribution is 2.45. The molecule has 0 bridgehead atoms. The molecule has 10 rings (SSSR count). The lowest BCUT2D eigenvalue weighted by atomic mass is 9.86. The fraction of sp³-hybridized carbons (Fsp3) is 0.429. The van der Waals surface area contributed by atoms with E-state index in [-0.39, 0.29) is 0 Å². The monoisotopic (exact) mass is 548 g/mol. The van der Waals surface area contributed by atoms with Crippen LogP contribution in [0.4, 0.5) is 0 Å². The second-order valence-electron chi connectivity index (χ2n) is 14.2. The predicted molar refractivity (Wildman–Crippen MR) is 176 cm³/mol. The third kappa shape index (κ3) is 4.16. The van der Waals surface area contributed by atoms with Gasteiger partial charge in [0.15, 0.2) is 0 Å². The Bertz CT molecular complexity index is 1600. The minimum atomic E-state index is 1.17. The van der Waals surface area contributed by atoms with Gasteiger partial charge in [0.2, 0.25) is 0 Å². The first-order valence-corrected chi connectivity index (χ1v) is 17.4. The third-order valence-corrected chi connectivity index (χ3v) is 11.8. The third-order valence-electron chi connectivity index (χ3n) is 11.8. The van der Waals surface area contributed by atoms with E-state index in [0.717, 1.165) is 0 Å². The molecule has 42 heavy (non-hydrogen) atoms. The second-order valence-corrected chi connectivity index (χ2v) is 14.2. The zero-order valence-corrected chi connectivity index (χ0v) is 25.3. The second kappa shape index (κ2) is 10.3. The van der Waals surface area contributed by atoms with Crippen molar-refractivity contribution in [2.75, 3.05) is 0 Å². The van der Waals surface area contributed by atoms with Crippen LogP contribution in [0.1, 0.15) is 118 Å². The lowest BCUT2D eigenvalue weighted by Gasteiger charge is -2.19. The normalized spacial score (nSPS) is 18.7. The van der Waals surface area contributed by atoms with Gasteiger partial charge in [-0.25, -0.2) is 0 Å². The van der Waals surface area contributed by atoms with E-state index in [1.54, 1.807) is 89.0 Å². The fourth-order valence-corrected chi connectivity index (χ4v) is 9.57. The van der Waals surface area contributed by atoms with Crippen molar-refractivity contribution in [3.63, 3.8) is 0 Å². The molecule has 6 aliphatic rings. The van der Waals surface area contributed by atoms with Gasteiger partial charge in [-0.15, -0.1) is 0 Å². The number of fused-ring (bicyclic) bond motifs is 12. The van der Waals surface area contributed by atoms with Crippen molar-refractivity contribution in [1.29, 1.82) is 0 Å². The van der Waals surface area contributed by atoms with Crippen LogP contribution in [0.5, 0.6) is 0 Å².